The molecule has 1 heterocycles. The van der Waals surface area contributed by atoms with Crippen LogP contribution in [0, 0.1) is 19.3 Å². The van der Waals surface area contributed by atoms with Crippen LogP contribution in [-0.2, 0) is 9.59 Å². The first kappa shape index (κ1) is 19.2. The zero-order chi connectivity index (χ0) is 20.3. The predicted octanol–water partition coefficient (Wildman–Crippen LogP) is 3.33. The quantitative estimate of drug-likeness (QED) is 0.490. The molecule has 0 atom stereocenters. The highest BCUT2D eigenvalue weighted by Gasteiger charge is 2.37. The van der Waals surface area contributed by atoms with Gasteiger partial charge in [-0.05, 0) is 48.4 Å². The summed E-state index contributed by atoms with van der Waals surface area (Å²) in [4.78, 5) is 38.3. The maximum Gasteiger partial charge on any atom is 0.335 e. The number of urea groups is 1. The normalized spacial score (nSPS) is 15.4. The van der Waals surface area contributed by atoms with Crippen molar-refractivity contribution in [2.45, 2.75) is 6.92 Å². The van der Waals surface area contributed by atoms with Crippen LogP contribution in [0.2, 0.25) is 5.02 Å². The lowest BCUT2D eigenvalue weighted by molar-refractivity contribution is -0.122. The largest absolute Gasteiger partial charge is 0.481 e. The Labute approximate surface area is 166 Å². The van der Waals surface area contributed by atoms with E-state index in [1.807, 2.05) is 0 Å². The number of rotatable bonds is 4. The molecule has 2 aromatic rings. The fourth-order valence-corrected chi connectivity index (χ4v) is 2.82. The Balaban J connectivity index is 1.95. The summed E-state index contributed by atoms with van der Waals surface area (Å²) in [6.45, 7) is 1.87. The van der Waals surface area contributed by atoms with Gasteiger partial charge in [0.1, 0.15) is 17.9 Å². The molecule has 3 rings (SSSR count). The number of carbonyl (C=O) groups excluding carboxylic acids is 3. The lowest BCUT2D eigenvalue weighted by atomic mass is 10.1. The smallest absolute Gasteiger partial charge is 0.335 e. The van der Waals surface area contributed by atoms with Gasteiger partial charge in [0.2, 0.25) is 0 Å². The van der Waals surface area contributed by atoms with E-state index >= 15 is 0 Å². The van der Waals surface area contributed by atoms with Gasteiger partial charge in [0.05, 0.1) is 5.69 Å². The Morgan fingerprint density at radius 2 is 1.89 bits per heavy atom. The molecular weight excluding hydrogens is 380 g/mol. The van der Waals surface area contributed by atoms with Gasteiger partial charge in [-0.1, -0.05) is 35.7 Å². The molecule has 7 heteroatoms. The summed E-state index contributed by atoms with van der Waals surface area (Å²) in [7, 11) is 0. The molecule has 0 aromatic heterocycles. The predicted molar refractivity (Wildman–Crippen MR) is 106 cm³/mol. The van der Waals surface area contributed by atoms with E-state index in [0.29, 0.717) is 27.6 Å². The Hall–Kier alpha value is -3.56. The highest BCUT2D eigenvalue weighted by Crippen LogP contribution is 2.28. The molecule has 1 aliphatic rings. The van der Waals surface area contributed by atoms with Gasteiger partial charge in [-0.15, -0.1) is 6.42 Å². The van der Waals surface area contributed by atoms with Crippen molar-refractivity contribution in [2.24, 2.45) is 0 Å². The van der Waals surface area contributed by atoms with E-state index < -0.39 is 17.8 Å². The van der Waals surface area contributed by atoms with Crippen LogP contribution in [0.1, 0.15) is 11.1 Å². The van der Waals surface area contributed by atoms with Crippen LogP contribution < -0.4 is 15.0 Å². The van der Waals surface area contributed by atoms with Crippen molar-refractivity contribution in [1.82, 2.24) is 5.32 Å². The number of barbiturate groups is 1. The van der Waals surface area contributed by atoms with Gasteiger partial charge in [-0.2, -0.15) is 0 Å². The maximum atomic E-state index is 12.9. The van der Waals surface area contributed by atoms with Crippen molar-refractivity contribution < 1.29 is 19.1 Å². The van der Waals surface area contributed by atoms with Crippen LogP contribution in [0.5, 0.6) is 5.75 Å². The molecule has 1 aliphatic heterocycles. The molecule has 0 spiro atoms. The van der Waals surface area contributed by atoms with E-state index in [-0.39, 0.29) is 12.2 Å². The van der Waals surface area contributed by atoms with Crippen molar-refractivity contribution in [3.63, 3.8) is 0 Å². The molecule has 0 saturated carbocycles. The first-order valence-electron chi connectivity index (χ1n) is 8.24. The number of anilines is 1. The van der Waals surface area contributed by atoms with Crippen molar-refractivity contribution in [3.05, 3.63) is 64.2 Å². The fraction of sp³-hybridized carbons (Fsp3) is 0.0952. The Bertz CT molecular complexity index is 1040. The highest BCUT2D eigenvalue weighted by molar-refractivity contribution is 6.39. The molecule has 0 bridgehead atoms. The van der Waals surface area contributed by atoms with Crippen LogP contribution >= 0.6 is 11.6 Å². The second-order valence-electron chi connectivity index (χ2n) is 5.95. The van der Waals surface area contributed by atoms with Gasteiger partial charge in [0.25, 0.3) is 11.8 Å². The van der Waals surface area contributed by atoms with Crippen LogP contribution in [0.4, 0.5) is 10.5 Å². The number of aryl methyl sites for hydroxylation is 1. The summed E-state index contributed by atoms with van der Waals surface area (Å²) in [6, 6.07) is 10.7. The van der Waals surface area contributed by atoms with Crippen molar-refractivity contribution in [3.8, 4) is 18.1 Å². The second-order valence-corrected chi connectivity index (χ2v) is 6.39. The SMILES string of the molecule is C#CCOc1ccc(/C=C2\C(=O)NC(=O)N(c3cc(Cl)ccc3C)C2=O)cc1. The van der Waals surface area contributed by atoms with E-state index in [1.54, 1.807) is 43.3 Å². The monoisotopic (exact) mass is 394 g/mol. The third-order valence-electron chi connectivity index (χ3n) is 4.03. The number of imide groups is 2. The van der Waals surface area contributed by atoms with E-state index in [4.69, 9.17) is 22.8 Å². The lowest BCUT2D eigenvalue weighted by Gasteiger charge is -2.27. The maximum absolute atomic E-state index is 12.9. The average molecular weight is 395 g/mol. The zero-order valence-corrected chi connectivity index (χ0v) is 15.6. The summed E-state index contributed by atoms with van der Waals surface area (Å²) in [5.74, 6) is 1.43. The highest BCUT2D eigenvalue weighted by atomic mass is 35.5. The minimum atomic E-state index is -0.824. The minimum absolute atomic E-state index is 0.136. The average Bonchev–Trinajstić information content (AvgIpc) is 2.67. The van der Waals surface area contributed by atoms with Crippen molar-refractivity contribution in [1.29, 1.82) is 0 Å². The third kappa shape index (κ3) is 3.90. The Morgan fingerprint density at radius 1 is 1.18 bits per heavy atom. The Kier molecular flexibility index (Phi) is 5.48. The number of ether oxygens (including phenoxy) is 1. The van der Waals surface area contributed by atoms with E-state index in [9.17, 15) is 14.4 Å². The zero-order valence-electron chi connectivity index (χ0n) is 14.9. The molecule has 0 radical (unpaired) electrons. The van der Waals surface area contributed by atoms with E-state index in [0.717, 1.165) is 4.90 Å². The molecule has 1 N–H and O–H groups in total. The van der Waals surface area contributed by atoms with Gasteiger partial charge in [0, 0.05) is 5.02 Å². The molecule has 28 heavy (non-hydrogen) atoms. The number of halogens is 1. The summed E-state index contributed by atoms with van der Waals surface area (Å²) >= 11 is 6.00. The van der Waals surface area contributed by atoms with Crippen molar-refractivity contribution >= 4 is 41.2 Å². The van der Waals surface area contributed by atoms with Gasteiger partial charge in [-0.3, -0.25) is 14.9 Å². The summed E-state index contributed by atoms with van der Waals surface area (Å²) in [5, 5.41) is 2.55. The number of amides is 4. The van der Waals surface area contributed by atoms with E-state index in [1.165, 1.54) is 12.1 Å². The second kappa shape index (κ2) is 7.99. The standard InChI is InChI=1S/C21H15ClN2O4/c1-3-10-28-16-8-5-14(6-9-16)11-17-19(25)23-21(27)24(20(17)26)18-12-15(22)7-4-13(18)2/h1,4-9,11-12H,10H2,2H3,(H,23,25,27)/b17-11+. The van der Waals surface area contributed by atoms with Crippen molar-refractivity contribution in [2.75, 3.05) is 11.5 Å². The molecule has 0 unspecified atom stereocenters. The summed E-state index contributed by atoms with van der Waals surface area (Å²) < 4.78 is 5.29. The molecule has 2 aromatic carbocycles. The molecule has 6 nitrogen and oxygen atoms in total. The van der Waals surface area contributed by atoms with Gasteiger partial charge in [-0.25, -0.2) is 9.69 Å². The fourth-order valence-electron chi connectivity index (χ4n) is 2.65. The number of hydrogen-bond acceptors (Lipinski definition) is 4. The number of benzene rings is 2. The van der Waals surface area contributed by atoms with E-state index in [2.05, 4.69) is 11.2 Å². The van der Waals surface area contributed by atoms with Crippen LogP contribution in [0.25, 0.3) is 6.08 Å². The van der Waals surface area contributed by atoms with Crippen LogP contribution in [-0.4, -0.2) is 24.5 Å². The first-order chi connectivity index (χ1) is 13.4. The minimum Gasteiger partial charge on any atom is -0.481 e. The summed E-state index contributed by atoms with van der Waals surface area (Å²) in [5.41, 5.74) is 1.39. The molecule has 4 amide bonds. The van der Waals surface area contributed by atoms with Gasteiger partial charge < -0.3 is 4.74 Å². The topological polar surface area (TPSA) is 75.7 Å². The molecular formula is C21H15ClN2O4. The molecule has 1 saturated heterocycles. The first-order valence-corrected chi connectivity index (χ1v) is 8.62. The lowest BCUT2D eigenvalue weighted by Crippen LogP contribution is -2.54. The van der Waals surface area contributed by atoms with Crippen LogP contribution in [0.3, 0.4) is 0 Å². The third-order valence-corrected chi connectivity index (χ3v) is 4.26. The Morgan fingerprint density at radius 3 is 2.57 bits per heavy atom. The summed E-state index contributed by atoms with van der Waals surface area (Å²) in [6.07, 6.45) is 6.55. The number of nitrogens with one attached hydrogen (secondary N) is 1. The molecule has 1 fully saturated rings. The van der Waals surface area contributed by atoms with Gasteiger partial charge >= 0.3 is 6.03 Å². The van der Waals surface area contributed by atoms with Crippen LogP contribution in [0.15, 0.2) is 48.0 Å². The number of terminal acetylenes is 1. The number of nitrogens with zero attached hydrogens (tertiary/aromatic N) is 1. The van der Waals surface area contributed by atoms with Gasteiger partial charge in [0.15, 0.2) is 0 Å². The molecule has 0 aliphatic carbocycles. The number of carbonyl (C=O) groups is 3. The number of hydrogen-bond donors (Lipinski definition) is 1. The molecule has 140 valence electrons.